The number of carboxylic acid groups (broad SMARTS) is 1. The van der Waals surface area contributed by atoms with Crippen molar-refractivity contribution in [2.24, 2.45) is 11.8 Å². The second-order valence-corrected chi connectivity index (χ2v) is 6.22. The number of hydrogen-bond donors (Lipinski definition) is 2. The average molecular weight is 298 g/mol. The molecular formula is C16H30N2O3. The van der Waals surface area contributed by atoms with E-state index in [0.29, 0.717) is 5.92 Å². The minimum Gasteiger partial charge on any atom is -0.480 e. The van der Waals surface area contributed by atoms with Gasteiger partial charge in [-0.2, -0.15) is 0 Å². The smallest absolute Gasteiger partial charge is 0.326 e. The predicted molar refractivity (Wildman–Crippen MR) is 83.2 cm³/mol. The lowest BCUT2D eigenvalue weighted by Gasteiger charge is -2.26. The molecular weight excluding hydrogens is 268 g/mol. The summed E-state index contributed by atoms with van der Waals surface area (Å²) in [6.07, 6.45) is 6.36. The van der Waals surface area contributed by atoms with Crippen LogP contribution in [0.3, 0.4) is 0 Å². The fraction of sp³-hybridized carbons (Fsp3) is 0.875. The van der Waals surface area contributed by atoms with Crippen LogP contribution in [0.5, 0.6) is 0 Å². The third-order valence-corrected chi connectivity index (χ3v) is 4.59. The largest absolute Gasteiger partial charge is 0.480 e. The molecule has 3 atom stereocenters. The van der Waals surface area contributed by atoms with Gasteiger partial charge in [-0.25, -0.2) is 9.59 Å². The van der Waals surface area contributed by atoms with Gasteiger partial charge in [0.2, 0.25) is 0 Å². The summed E-state index contributed by atoms with van der Waals surface area (Å²) in [6.45, 7) is 7.47. The van der Waals surface area contributed by atoms with E-state index in [1.165, 1.54) is 19.3 Å². The van der Waals surface area contributed by atoms with Gasteiger partial charge in [-0.3, -0.25) is 0 Å². The number of urea groups is 1. The van der Waals surface area contributed by atoms with E-state index in [0.717, 1.165) is 32.4 Å². The minimum atomic E-state index is -0.948. The lowest BCUT2D eigenvalue weighted by molar-refractivity contribution is -0.140. The van der Waals surface area contributed by atoms with E-state index >= 15 is 0 Å². The van der Waals surface area contributed by atoms with Gasteiger partial charge < -0.3 is 15.3 Å². The van der Waals surface area contributed by atoms with E-state index in [1.54, 1.807) is 4.90 Å². The van der Waals surface area contributed by atoms with E-state index in [1.807, 2.05) is 13.8 Å². The lowest BCUT2D eigenvalue weighted by Crippen LogP contribution is -2.50. The zero-order valence-electron chi connectivity index (χ0n) is 13.6. The number of carbonyl (C=O) groups excluding carboxylic acids is 1. The summed E-state index contributed by atoms with van der Waals surface area (Å²) >= 11 is 0. The Hall–Kier alpha value is -1.26. The Morgan fingerprint density at radius 3 is 2.57 bits per heavy atom. The monoisotopic (exact) mass is 298 g/mol. The van der Waals surface area contributed by atoms with Crippen molar-refractivity contribution >= 4 is 12.0 Å². The Balaban J connectivity index is 2.55. The molecule has 1 fully saturated rings. The predicted octanol–water partition coefficient (Wildman–Crippen LogP) is 3.10. The summed E-state index contributed by atoms with van der Waals surface area (Å²) < 4.78 is 0. The first-order valence-electron chi connectivity index (χ1n) is 8.27. The number of carboxylic acids is 1. The van der Waals surface area contributed by atoms with Crippen molar-refractivity contribution in [1.82, 2.24) is 10.2 Å². The van der Waals surface area contributed by atoms with Gasteiger partial charge in [0.05, 0.1) is 0 Å². The fourth-order valence-corrected chi connectivity index (χ4v) is 2.97. The summed E-state index contributed by atoms with van der Waals surface area (Å²) in [5.74, 6) is -0.305. The Morgan fingerprint density at radius 1 is 1.29 bits per heavy atom. The second kappa shape index (κ2) is 8.90. The normalized spacial score (nSPS) is 22.2. The number of rotatable bonds is 6. The average Bonchev–Trinajstić information content (AvgIpc) is 2.69. The Bertz CT molecular complexity index is 346. The van der Waals surface area contributed by atoms with Crippen molar-refractivity contribution in [3.8, 4) is 0 Å². The first-order valence-corrected chi connectivity index (χ1v) is 8.27. The number of amides is 2. The van der Waals surface area contributed by atoms with E-state index < -0.39 is 12.0 Å². The maximum Gasteiger partial charge on any atom is 0.326 e. The summed E-state index contributed by atoms with van der Waals surface area (Å²) in [5.41, 5.74) is 0. The fourth-order valence-electron chi connectivity index (χ4n) is 2.97. The third-order valence-electron chi connectivity index (χ3n) is 4.59. The highest BCUT2D eigenvalue weighted by molar-refractivity contribution is 5.82. The van der Waals surface area contributed by atoms with Crippen LogP contribution in [0.25, 0.3) is 0 Å². The topological polar surface area (TPSA) is 69.6 Å². The summed E-state index contributed by atoms with van der Waals surface area (Å²) in [6, 6.07) is -1.02. The first-order chi connectivity index (χ1) is 9.99. The van der Waals surface area contributed by atoms with E-state index in [-0.39, 0.29) is 11.9 Å². The Labute approximate surface area is 128 Å². The minimum absolute atomic E-state index is 0.0636. The maximum absolute atomic E-state index is 12.3. The quantitative estimate of drug-likeness (QED) is 0.791. The number of aliphatic carboxylic acids is 1. The molecule has 0 radical (unpaired) electrons. The van der Waals surface area contributed by atoms with Crippen LogP contribution in [0.4, 0.5) is 4.79 Å². The van der Waals surface area contributed by atoms with Crippen LogP contribution in [0.15, 0.2) is 0 Å². The van der Waals surface area contributed by atoms with Crippen LogP contribution >= 0.6 is 0 Å². The van der Waals surface area contributed by atoms with Crippen molar-refractivity contribution in [2.75, 3.05) is 13.1 Å². The molecule has 0 aromatic rings. The maximum atomic E-state index is 12.3. The van der Waals surface area contributed by atoms with Crippen LogP contribution in [0.2, 0.25) is 0 Å². The highest BCUT2D eigenvalue weighted by atomic mass is 16.4. The van der Waals surface area contributed by atoms with Gasteiger partial charge in [-0.15, -0.1) is 0 Å². The molecule has 0 aliphatic carbocycles. The van der Waals surface area contributed by atoms with Gasteiger partial charge in [-0.05, 0) is 31.1 Å². The molecule has 1 rings (SSSR count). The molecule has 0 saturated carbocycles. The Kier molecular flexibility index (Phi) is 7.54. The molecule has 5 nitrogen and oxygen atoms in total. The van der Waals surface area contributed by atoms with E-state index in [9.17, 15) is 14.7 Å². The highest BCUT2D eigenvalue weighted by Gasteiger charge is 2.28. The Morgan fingerprint density at radius 2 is 2.00 bits per heavy atom. The number of likely N-dealkylation sites (tertiary alicyclic amines) is 1. The highest BCUT2D eigenvalue weighted by Crippen LogP contribution is 2.22. The second-order valence-electron chi connectivity index (χ2n) is 6.22. The van der Waals surface area contributed by atoms with Crippen molar-refractivity contribution in [3.63, 3.8) is 0 Å². The molecule has 122 valence electrons. The van der Waals surface area contributed by atoms with E-state index in [4.69, 9.17) is 0 Å². The van der Waals surface area contributed by atoms with Crippen molar-refractivity contribution in [3.05, 3.63) is 0 Å². The van der Waals surface area contributed by atoms with Crippen molar-refractivity contribution in [1.29, 1.82) is 0 Å². The molecule has 21 heavy (non-hydrogen) atoms. The van der Waals surface area contributed by atoms with Crippen molar-refractivity contribution in [2.45, 2.75) is 65.3 Å². The molecule has 1 heterocycles. The molecule has 1 aliphatic heterocycles. The molecule has 0 spiro atoms. The standard InChI is InChI=1S/C16H30N2O3/c1-4-7-13-8-6-10-18(11-9-13)16(21)17-14(15(19)20)12(3)5-2/h12-14H,4-11H2,1-3H3,(H,17,21)(H,19,20)/t12-,13?,14-/m0/s1. The molecule has 0 bridgehead atoms. The van der Waals surface area contributed by atoms with Crippen LogP contribution in [0, 0.1) is 11.8 Å². The molecule has 2 N–H and O–H groups in total. The summed E-state index contributed by atoms with van der Waals surface area (Å²) in [4.78, 5) is 25.4. The number of hydrogen-bond acceptors (Lipinski definition) is 2. The summed E-state index contributed by atoms with van der Waals surface area (Å²) in [7, 11) is 0. The molecule has 0 aromatic heterocycles. The molecule has 0 aromatic carbocycles. The van der Waals surface area contributed by atoms with Gasteiger partial charge in [0.15, 0.2) is 0 Å². The van der Waals surface area contributed by atoms with Crippen LogP contribution in [0.1, 0.15) is 59.3 Å². The number of carbonyl (C=O) groups is 2. The number of nitrogens with zero attached hydrogens (tertiary/aromatic N) is 1. The molecule has 1 unspecified atom stereocenters. The van der Waals surface area contributed by atoms with Crippen LogP contribution in [-0.2, 0) is 4.79 Å². The van der Waals surface area contributed by atoms with Gasteiger partial charge in [0, 0.05) is 13.1 Å². The molecule has 2 amide bonds. The zero-order chi connectivity index (χ0) is 15.8. The zero-order valence-corrected chi connectivity index (χ0v) is 13.6. The van der Waals surface area contributed by atoms with Gasteiger partial charge in [0.1, 0.15) is 6.04 Å². The van der Waals surface area contributed by atoms with Crippen molar-refractivity contribution < 1.29 is 14.7 Å². The summed E-state index contributed by atoms with van der Waals surface area (Å²) in [5, 5.41) is 12.0. The molecule has 1 saturated heterocycles. The lowest BCUT2D eigenvalue weighted by atomic mass is 9.96. The van der Waals surface area contributed by atoms with Crippen LogP contribution in [-0.4, -0.2) is 41.1 Å². The third kappa shape index (κ3) is 5.56. The van der Waals surface area contributed by atoms with Gasteiger partial charge in [0.25, 0.3) is 0 Å². The molecule has 1 aliphatic rings. The van der Waals surface area contributed by atoms with Crippen LogP contribution < -0.4 is 5.32 Å². The van der Waals surface area contributed by atoms with E-state index in [2.05, 4.69) is 12.2 Å². The van der Waals surface area contributed by atoms with Gasteiger partial charge in [-0.1, -0.05) is 40.0 Å². The van der Waals surface area contributed by atoms with Gasteiger partial charge >= 0.3 is 12.0 Å². The first kappa shape index (κ1) is 17.8. The number of nitrogens with one attached hydrogen (secondary N) is 1. The SMILES string of the molecule is CCCC1CCCN(C(=O)N[C@H](C(=O)O)[C@@H](C)CC)CC1. The molecule has 5 heteroatoms.